The summed E-state index contributed by atoms with van der Waals surface area (Å²) in [5, 5.41) is 11.4. The topological polar surface area (TPSA) is 88.5 Å². The number of carboxylic acids is 1. The van der Waals surface area contributed by atoms with Crippen LogP contribution in [-0.4, -0.2) is 28.5 Å². The summed E-state index contributed by atoms with van der Waals surface area (Å²) < 4.78 is 6.48. The Labute approximate surface area is 226 Å². The van der Waals surface area contributed by atoms with E-state index in [4.69, 9.17) is 14.8 Å². The van der Waals surface area contributed by atoms with E-state index in [1.54, 1.807) is 18.3 Å². The van der Waals surface area contributed by atoms with E-state index in [0.29, 0.717) is 17.2 Å². The molecule has 0 aliphatic rings. The van der Waals surface area contributed by atoms with E-state index in [2.05, 4.69) is 64.2 Å². The molecule has 1 amide bonds. The molecule has 6 nitrogen and oxygen atoms in total. The van der Waals surface area contributed by atoms with Gasteiger partial charge in [-0.25, -0.2) is 0 Å². The number of carbonyl (C=O) groups excluding carboxylic acids is 1. The predicted octanol–water partition coefficient (Wildman–Crippen LogP) is 7.33. The molecule has 38 heavy (non-hydrogen) atoms. The highest BCUT2D eigenvalue weighted by atomic mass is 16.5. The summed E-state index contributed by atoms with van der Waals surface area (Å²) in [6.45, 7) is 13.1. The van der Waals surface area contributed by atoms with E-state index in [-0.39, 0.29) is 30.4 Å². The number of carboxylic acid groups (broad SMARTS) is 1. The summed E-state index contributed by atoms with van der Waals surface area (Å²) in [7, 11) is 0. The van der Waals surface area contributed by atoms with Gasteiger partial charge in [-0.3, -0.25) is 14.6 Å². The molecule has 2 aromatic carbocycles. The summed E-state index contributed by atoms with van der Waals surface area (Å²) in [5.41, 5.74) is 5.98. The molecular weight excluding hydrogens is 476 g/mol. The van der Waals surface area contributed by atoms with Crippen molar-refractivity contribution < 1.29 is 19.4 Å². The Morgan fingerprint density at radius 1 is 1.00 bits per heavy atom. The van der Waals surface area contributed by atoms with Crippen molar-refractivity contribution in [2.45, 2.75) is 72.8 Å². The van der Waals surface area contributed by atoms with Crippen LogP contribution in [-0.2, 0) is 4.79 Å². The van der Waals surface area contributed by atoms with Gasteiger partial charge in [0.25, 0.3) is 5.91 Å². The number of aryl methyl sites for hydroxylation is 1. The number of rotatable bonds is 11. The van der Waals surface area contributed by atoms with Gasteiger partial charge in [-0.15, -0.1) is 0 Å². The van der Waals surface area contributed by atoms with Crippen LogP contribution >= 0.6 is 0 Å². The lowest BCUT2D eigenvalue weighted by Gasteiger charge is -2.25. The highest BCUT2D eigenvalue weighted by Crippen LogP contribution is 2.33. The summed E-state index contributed by atoms with van der Waals surface area (Å²) in [4.78, 5) is 27.8. The molecule has 0 radical (unpaired) electrons. The molecule has 0 saturated heterocycles. The number of carbonyl (C=O) groups is 2. The zero-order chi connectivity index (χ0) is 27.9. The molecule has 1 heterocycles. The summed E-state index contributed by atoms with van der Waals surface area (Å²) in [6, 6.07) is 17.9. The smallest absolute Gasteiger partial charge is 0.305 e. The number of aromatic nitrogens is 1. The third-order valence-electron chi connectivity index (χ3n) is 6.51. The fraction of sp³-hybridized carbons (Fsp3) is 0.406. The first-order valence-corrected chi connectivity index (χ1v) is 13.3. The normalized spacial score (nSPS) is 12.3. The van der Waals surface area contributed by atoms with Crippen molar-refractivity contribution in [3.63, 3.8) is 0 Å². The van der Waals surface area contributed by atoms with Gasteiger partial charge >= 0.3 is 5.97 Å². The number of benzene rings is 2. The number of nitrogens with one attached hydrogen (secondary N) is 1. The van der Waals surface area contributed by atoms with Gasteiger partial charge < -0.3 is 15.2 Å². The minimum Gasteiger partial charge on any atom is -0.484 e. The molecule has 1 aromatic heterocycles. The van der Waals surface area contributed by atoms with E-state index in [0.717, 1.165) is 35.2 Å². The second-order valence-electron chi connectivity index (χ2n) is 11.3. The number of hydrogen-bond donors (Lipinski definition) is 2. The van der Waals surface area contributed by atoms with Crippen LogP contribution in [0.5, 0.6) is 5.75 Å². The minimum atomic E-state index is -0.943. The lowest BCUT2D eigenvalue weighted by molar-refractivity contribution is -0.136. The molecule has 3 rings (SSSR count). The van der Waals surface area contributed by atoms with Crippen molar-refractivity contribution in [2.24, 2.45) is 5.41 Å². The Bertz CT molecular complexity index is 1230. The lowest BCUT2D eigenvalue weighted by atomic mass is 9.88. The Hall–Kier alpha value is -3.67. The van der Waals surface area contributed by atoms with Crippen molar-refractivity contribution in [1.82, 2.24) is 10.3 Å². The van der Waals surface area contributed by atoms with Gasteiger partial charge in [0.1, 0.15) is 11.9 Å². The van der Waals surface area contributed by atoms with Crippen molar-refractivity contribution in [1.29, 1.82) is 0 Å². The standard InChI is InChI=1S/C32H40N2O4/c1-21(2)23-7-11-25(12-8-23)30-22(3)19-27(20-34-30)38-28(15-17-32(4,5)6)24-9-13-26(14-10-24)31(37)33-18-16-29(35)36/h7-14,19-21,28H,15-18H2,1-6H3,(H,33,37)(H,35,36). The van der Waals surface area contributed by atoms with Gasteiger partial charge in [-0.05, 0) is 66.0 Å². The Balaban J connectivity index is 1.78. The average Bonchev–Trinajstić information content (AvgIpc) is 2.86. The van der Waals surface area contributed by atoms with Gasteiger partial charge in [0.05, 0.1) is 18.3 Å². The molecule has 6 heteroatoms. The van der Waals surface area contributed by atoms with Gasteiger partial charge in [-0.1, -0.05) is 71.0 Å². The number of amides is 1. The molecule has 1 atom stereocenters. The van der Waals surface area contributed by atoms with Crippen LogP contribution in [0.25, 0.3) is 11.3 Å². The molecule has 2 N–H and O–H groups in total. The second kappa shape index (κ2) is 12.7. The second-order valence-corrected chi connectivity index (χ2v) is 11.3. The largest absolute Gasteiger partial charge is 0.484 e. The van der Waals surface area contributed by atoms with Gasteiger partial charge in [-0.2, -0.15) is 0 Å². The SMILES string of the molecule is Cc1cc(OC(CCC(C)(C)C)c2ccc(C(=O)NCCC(=O)O)cc2)cnc1-c1ccc(C(C)C)cc1. The van der Waals surface area contributed by atoms with Crippen LogP contribution in [0.3, 0.4) is 0 Å². The van der Waals surface area contributed by atoms with Crippen LogP contribution in [0.2, 0.25) is 0 Å². The first kappa shape index (κ1) is 28.9. The van der Waals surface area contributed by atoms with Crippen molar-refractivity contribution >= 4 is 11.9 Å². The first-order valence-electron chi connectivity index (χ1n) is 13.3. The summed E-state index contributed by atoms with van der Waals surface area (Å²) in [5.74, 6) is -0.0400. The quantitative estimate of drug-likeness (QED) is 0.278. The maximum atomic E-state index is 12.4. The number of ether oxygens (including phenoxy) is 1. The van der Waals surface area contributed by atoms with Crippen molar-refractivity contribution in [3.05, 3.63) is 83.0 Å². The molecule has 1 unspecified atom stereocenters. The number of nitrogens with zero attached hydrogens (tertiary/aromatic N) is 1. The fourth-order valence-corrected chi connectivity index (χ4v) is 4.20. The Morgan fingerprint density at radius 3 is 2.18 bits per heavy atom. The van der Waals surface area contributed by atoms with Crippen LogP contribution in [0, 0.1) is 12.3 Å². The molecule has 0 aliphatic heterocycles. The van der Waals surface area contributed by atoms with Crippen molar-refractivity contribution in [3.8, 4) is 17.0 Å². The maximum Gasteiger partial charge on any atom is 0.305 e. The highest BCUT2D eigenvalue weighted by molar-refractivity contribution is 5.94. The van der Waals surface area contributed by atoms with Crippen LogP contribution in [0.4, 0.5) is 0 Å². The van der Waals surface area contributed by atoms with E-state index >= 15 is 0 Å². The Morgan fingerprint density at radius 2 is 1.63 bits per heavy atom. The number of pyridine rings is 1. The van der Waals surface area contributed by atoms with Gasteiger partial charge in [0.2, 0.25) is 0 Å². The third kappa shape index (κ3) is 8.44. The molecule has 0 fully saturated rings. The average molecular weight is 517 g/mol. The van der Waals surface area contributed by atoms with Crippen LogP contribution < -0.4 is 10.1 Å². The third-order valence-corrected chi connectivity index (χ3v) is 6.51. The monoisotopic (exact) mass is 516 g/mol. The van der Waals surface area contributed by atoms with E-state index in [1.807, 2.05) is 25.1 Å². The number of hydrogen-bond acceptors (Lipinski definition) is 4. The Kier molecular flexibility index (Phi) is 9.67. The van der Waals surface area contributed by atoms with Crippen LogP contribution in [0.1, 0.15) is 93.0 Å². The molecule has 3 aromatic rings. The van der Waals surface area contributed by atoms with Gasteiger partial charge in [0.15, 0.2) is 0 Å². The maximum absolute atomic E-state index is 12.4. The lowest BCUT2D eigenvalue weighted by Crippen LogP contribution is -2.26. The fourth-order valence-electron chi connectivity index (χ4n) is 4.20. The first-order chi connectivity index (χ1) is 17.9. The number of aliphatic carboxylic acids is 1. The van der Waals surface area contributed by atoms with E-state index in [1.165, 1.54) is 5.56 Å². The molecule has 0 aliphatic carbocycles. The van der Waals surface area contributed by atoms with E-state index < -0.39 is 5.97 Å². The molecule has 202 valence electrons. The predicted molar refractivity (Wildman–Crippen MR) is 152 cm³/mol. The zero-order valence-electron chi connectivity index (χ0n) is 23.4. The minimum absolute atomic E-state index is 0.0947. The van der Waals surface area contributed by atoms with Crippen LogP contribution in [0.15, 0.2) is 60.8 Å². The summed E-state index contributed by atoms with van der Waals surface area (Å²) in [6.07, 6.45) is 3.25. The van der Waals surface area contributed by atoms with Crippen molar-refractivity contribution in [2.75, 3.05) is 6.54 Å². The molecule has 0 bridgehead atoms. The molecular formula is C32H40N2O4. The molecule has 0 spiro atoms. The highest BCUT2D eigenvalue weighted by Gasteiger charge is 2.20. The van der Waals surface area contributed by atoms with Gasteiger partial charge in [0, 0.05) is 17.7 Å². The molecule has 0 saturated carbocycles. The zero-order valence-corrected chi connectivity index (χ0v) is 23.4. The summed E-state index contributed by atoms with van der Waals surface area (Å²) >= 11 is 0. The van der Waals surface area contributed by atoms with E-state index in [9.17, 15) is 9.59 Å².